The van der Waals surface area contributed by atoms with Crippen molar-refractivity contribution < 1.29 is 13.7 Å². The minimum Gasteiger partial charge on any atom is -0.472 e. The topological polar surface area (TPSA) is 73.6 Å². The molecule has 6 nitrogen and oxygen atoms in total. The maximum absolute atomic E-state index is 13.7. The summed E-state index contributed by atoms with van der Waals surface area (Å²) in [5.74, 6) is 1.49. The highest BCUT2D eigenvalue weighted by molar-refractivity contribution is 7.93. The van der Waals surface area contributed by atoms with Gasteiger partial charge in [-0.05, 0) is 47.7 Å². The SMILES string of the molecule is Bc1ccc(C(=O)c2cnn(C)c2OCc2ccc3ccccc3c2)c(C)c1N=S1(=O)CCCCC1. The van der Waals surface area contributed by atoms with E-state index in [1.165, 1.54) is 5.39 Å². The molecular weight excluding hydrogens is 469 g/mol. The molecule has 0 atom stereocenters. The quantitative estimate of drug-likeness (QED) is 0.294. The van der Waals surface area contributed by atoms with Gasteiger partial charge >= 0.3 is 0 Å². The fourth-order valence-corrected chi connectivity index (χ4v) is 7.10. The molecule has 36 heavy (non-hydrogen) atoms. The molecule has 1 saturated heterocycles. The van der Waals surface area contributed by atoms with Gasteiger partial charge in [0.2, 0.25) is 5.88 Å². The molecule has 1 fully saturated rings. The number of nitrogens with zero attached hydrogens (tertiary/aromatic N) is 3. The minimum atomic E-state index is -2.28. The lowest BCUT2D eigenvalue weighted by Crippen LogP contribution is -2.18. The highest BCUT2D eigenvalue weighted by atomic mass is 32.2. The Bertz CT molecular complexity index is 1570. The van der Waals surface area contributed by atoms with Crippen LogP contribution in [-0.2, 0) is 23.4 Å². The second-order valence-electron chi connectivity index (χ2n) is 9.52. The molecule has 0 saturated carbocycles. The third-order valence-corrected chi connectivity index (χ3v) is 9.25. The lowest BCUT2D eigenvalue weighted by Gasteiger charge is -2.17. The monoisotopic (exact) mass is 499 g/mol. The van der Waals surface area contributed by atoms with Crippen LogP contribution < -0.4 is 10.2 Å². The number of carbonyl (C=O) groups excluding carboxylic acids is 1. The van der Waals surface area contributed by atoms with Crippen molar-refractivity contribution in [1.82, 2.24) is 9.78 Å². The molecule has 0 amide bonds. The van der Waals surface area contributed by atoms with E-state index < -0.39 is 9.73 Å². The molecule has 0 radical (unpaired) electrons. The first kappa shape index (κ1) is 24.3. The van der Waals surface area contributed by atoms with Gasteiger partial charge in [0.15, 0.2) is 5.78 Å². The van der Waals surface area contributed by atoms with Crippen LogP contribution in [0.2, 0.25) is 0 Å². The van der Waals surface area contributed by atoms with Crippen LogP contribution >= 0.6 is 0 Å². The molecule has 0 aliphatic carbocycles. The van der Waals surface area contributed by atoms with Gasteiger partial charge in [0, 0.05) is 24.1 Å². The summed E-state index contributed by atoms with van der Waals surface area (Å²) in [5.41, 5.74) is 4.29. The van der Waals surface area contributed by atoms with Crippen LogP contribution in [0.15, 0.2) is 65.2 Å². The second-order valence-corrected chi connectivity index (χ2v) is 12.1. The van der Waals surface area contributed by atoms with E-state index in [-0.39, 0.29) is 5.78 Å². The molecule has 184 valence electrons. The van der Waals surface area contributed by atoms with Crippen molar-refractivity contribution in [1.29, 1.82) is 0 Å². The zero-order valence-corrected chi connectivity index (χ0v) is 21.8. The molecule has 8 heteroatoms. The van der Waals surface area contributed by atoms with Crippen molar-refractivity contribution in [3.8, 4) is 5.88 Å². The minimum absolute atomic E-state index is 0.177. The van der Waals surface area contributed by atoms with Gasteiger partial charge in [-0.25, -0.2) is 8.89 Å². The molecule has 1 aromatic heterocycles. The summed E-state index contributed by atoms with van der Waals surface area (Å²) in [6.07, 6.45) is 4.53. The Morgan fingerprint density at radius 2 is 1.81 bits per heavy atom. The van der Waals surface area contributed by atoms with Gasteiger partial charge in [-0.15, -0.1) is 0 Å². The Kier molecular flexibility index (Phi) is 6.71. The maximum atomic E-state index is 13.7. The molecule has 0 spiro atoms. The molecule has 1 aliphatic rings. The Morgan fingerprint density at radius 1 is 1.06 bits per heavy atom. The van der Waals surface area contributed by atoms with E-state index in [1.807, 2.05) is 45.1 Å². The Hall–Kier alpha value is -3.39. The summed E-state index contributed by atoms with van der Waals surface area (Å²) >= 11 is 0. The predicted molar refractivity (Wildman–Crippen MR) is 148 cm³/mol. The first-order valence-electron chi connectivity index (χ1n) is 12.3. The van der Waals surface area contributed by atoms with E-state index in [9.17, 15) is 9.00 Å². The van der Waals surface area contributed by atoms with Gasteiger partial charge in [-0.2, -0.15) is 9.46 Å². The van der Waals surface area contributed by atoms with Gasteiger partial charge < -0.3 is 4.74 Å². The van der Waals surface area contributed by atoms with E-state index in [0.717, 1.165) is 41.2 Å². The van der Waals surface area contributed by atoms with E-state index in [1.54, 1.807) is 17.9 Å². The number of fused-ring (bicyclic) bond motifs is 1. The summed E-state index contributed by atoms with van der Waals surface area (Å²) < 4.78 is 25.8. The first-order chi connectivity index (χ1) is 17.3. The fourth-order valence-electron chi connectivity index (χ4n) is 4.79. The Balaban J connectivity index is 1.44. The number of aryl methyl sites for hydroxylation is 1. The summed E-state index contributed by atoms with van der Waals surface area (Å²) in [7, 11) is 1.44. The molecule has 0 N–H and O–H groups in total. The lowest BCUT2D eigenvalue weighted by atomic mass is 9.88. The third kappa shape index (κ3) is 4.82. The molecular formula is C28H30BN3O3S. The van der Waals surface area contributed by atoms with E-state index in [4.69, 9.17) is 9.10 Å². The van der Waals surface area contributed by atoms with Gasteiger partial charge in [0.05, 0.1) is 21.6 Å². The van der Waals surface area contributed by atoms with Crippen LogP contribution in [-0.4, -0.2) is 39.1 Å². The largest absolute Gasteiger partial charge is 0.472 e. The molecule has 5 rings (SSSR count). The van der Waals surface area contributed by atoms with Crippen molar-refractivity contribution in [3.05, 3.63) is 83.0 Å². The van der Waals surface area contributed by atoms with Crippen LogP contribution in [0.25, 0.3) is 10.8 Å². The molecule has 0 unspecified atom stereocenters. The standard InChI is InChI=1S/C28H30BN3O3S/c1-19-23(12-13-25(29)26(19)31-36(34)14-6-3-7-15-36)27(33)24-17-30-32(2)28(24)35-18-20-10-11-21-8-4-5-9-22(21)16-20/h4-5,8-13,16-17H,3,6-7,14-15,18,29H2,1-2H3. The summed E-state index contributed by atoms with van der Waals surface area (Å²) in [5, 5.41) is 6.61. The van der Waals surface area contributed by atoms with Crippen molar-refractivity contribution in [2.75, 3.05) is 11.5 Å². The average Bonchev–Trinajstić information content (AvgIpc) is 3.25. The zero-order chi connectivity index (χ0) is 25.3. The molecule has 3 aromatic carbocycles. The normalized spacial score (nSPS) is 15.1. The molecule has 2 heterocycles. The summed E-state index contributed by atoms with van der Waals surface area (Å²) in [4.78, 5) is 13.7. The van der Waals surface area contributed by atoms with Crippen molar-refractivity contribution >= 4 is 45.3 Å². The lowest BCUT2D eigenvalue weighted by molar-refractivity contribution is 0.103. The van der Waals surface area contributed by atoms with E-state index >= 15 is 0 Å². The van der Waals surface area contributed by atoms with Gasteiger partial charge in [-0.3, -0.25) is 4.79 Å². The Labute approximate surface area is 213 Å². The number of benzene rings is 3. The maximum Gasteiger partial charge on any atom is 0.223 e. The number of aromatic nitrogens is 2. The van der Waals surface area contributed by atoms with Gasteiger partial charge in [0.25, 0.3) is 0 Å². The molecule has 0 bridgehead atoms. The van der Waals surface area contributed by atoms with E-state index in [0.29, 0.717) is 40.8 Å². The van der Waals surface area contributed by atoms with Gasteiger partial charge in [0.1, 0.15) is 20.0 Å². The zero-order valence-electron chi connectivity index (χ0n) is 21.0. The number of ketones is 1. The average molecular weight is 499 g/mol. The highest BCUT2D eigenvalue weighted by Crippen LogP contribution is 2.29. The van der Waals surface area contributed by atoms with Gasteiger partial charge in [-0.1, -0.05) is 60.4 Å². The number of hydrogen-bond donors (Lipinski definition) is 0. The van der Waals surface area contributed by atoms with E-state index in [2.05, 4.69) is 29.4 Å². The highest BCUT2D eigenvalue weighted by Gasteiger charge is 2.23. The van der Waals surface area contributed by atoms with Crippen LogP contribution in [0.3, 0.4) is 0 Å². The number of rotatable bonds is 6. The molecule has 4 aromatic rings. The summed E-state index contributed by atoms with van der Waals surface area (Å²) in [6.45, 7) is 2.21. The van der Waals surface area contributed by atoms with Crippen LogP contribution in [0, 0.1) is 6.92 Å². The van der Waals surface area contributed by atoms with Crippen molar-refractivity contribution in [2.24, 2.45) is 11.4 Å². The van der Waals surface area contributed by atoms with Crippen molar-refractivity contribution in [2.45, 2.75) is 32.8 Å². The number of carbonyl (C=O) groups is 1. The molecule has 1 aliphatic heterocycles. The first-order valence-corrected chi connectivity index (χ1v) is 14.2. The Morgan fingerprint density at radius 3 is 2.58 bits per heavy atom. The van der Waals surface area contributed by atoms with Crippen LogP contribution in [0.4, 0.5) is 5.69 Å². The van der Waals surface area contributed by atoms with Crippen LogP contribution in [0.5, 0.6) is 5.88 Å². The summed E-state index contributed by atoms with van der Waals surface area (Å²) in [6, 6.07) is 18.1. The fraction of sp³-hybridized carbons (Fsp3) is 0.286. The number of ether oxygens (including phenoxy) is 1. The second kappa shape index (κ2) is 9.93. The smallest absolute Gasteiger partial charge is 0.223 e. The predicted octanol–water partition coefficient (Wildman–Crippen LogP) is 4.23. The number of hydrogen-bond acceptors (Lipinski definition) is 5. The van der Waals surface area contributed by atoms with Crippen molar-refractivity contribution in [3.63, 3.8) is 0 Å². The third-order valence-electron chi connectivity index (χ3n) is 6.88. The van der Waals surface area contributed by atoms with Crippen LogP contribution in [0.1, 0.15) is 46.3 Å².